The maximum Gasteiger partial charge on any atom is 0.253 e. The van der Waals surface area contributed by atoms with E-state index in [1.165, 1.54) is 0 Å². The van der Waals surface area contributed by atoms with Gasteiger partial charge < -0.3 is 5.32 Å². The number of rotatable bonds is 5. The van der Waals surface area contributed by atoms with Crippen LogP contribution in [-0.4, -0.2) is 27.2 Å². The Labute approximate surface area is 139 Å². The molecule has 0 spiro atoms. The van der Waals surface area contributed by atoms with Crippen LogP contribution in [0.4, 0.5) is 0 Å². The Morgan fingerprint density at radius 3 is 2.87 bits per heavy atom. The second-order valence-corrected chi connectivity index (χ2v) is 6.15. The second kappa shape index (κ2) is 6.75. The number of pyridine rings is 1. The Bertz CT molecular complexity index is 808. The number of aryl methyl sites for hydroxylation is 2. The van der Waals surface area contributed by atoms with E-state index in [0.29, 0.717) is 12.1 Å². The minimum Gasteiger partial charge on any atom is -0.352 e. The fraction of sp³-hybridized carbons (Fsp3) is 0.235. The van der Waals surface area contributed by atoms with Crippen LogP contribution in [-0.2, 0) is 13.5 Å². The summed E-state index contributed by atoms with van der Waals surface area (Å²) >= 11 is 1.64. The predicted molar refractivity (Wildman–Crippen MR) is 91.5 cm³/mol. The van der Waals surface area contributed by atoms with Gasteiger partial charge in [-0.1, -0.05) is 0 Å². The van der Waals surface area contributed by atoms with Gasteiger partial charge in [-0.2, -0.15) is 16.4 Å². The normalized spacial score (nSPS) is 10.7. The van der Waals surface area contributed by atoms with Gasteiger partial charge in [0.25, 0.3) is 5.91 Å². The maximum absolute atomic E-state index is 12.3. The molecule has 0 saturated heterocycles. The van der Waals surface area contributed by atoms with Gasteiger partial charge in [0.15, 0.2) is 0 Å². The number of amides is 1. The van der Waals surface area contributed by atoms with Crippen molar-refractivity contribution < 1.29 is 4.79 Å². The molecule has 0 atom stereocenters. The van der Waals surface area contributed by atoms with Crippen LogP contribution < -0.4 is 5.32 Å². The first-order chi connectivity index (χ1) is 11.1. The van der Waals surface area contributed by atoms with Crippen LogP contribution in [0.3, 0.4) is 0 Å². The molecular weight excluding hydrogens is 308 g/mol. The molecular formula is C17H18N4OS. The van der Waals surface area contributed by atoms with E-state index in [2.05, 4.69) is 20.8 Å². The Hall–Kier alpha value is -2.47. The third-order valence-corrected chi connectivity index (χ3v) is 4.29. The van der Waals surface area contributed by atoms with Gasteiger partial charge in [-0.05, 0) is 42.5 Å². The highest BCUT2D eigenvalue weighted by Crippen LogP contribution is 2.21. The number of carbonyl (C=O) groups excluding carboxylic acids is 1. The maximum atomic E-state index is 12.3. The highest BCUT2D eigenvalue weighted by Gasteiger charge is 2.11. The molecule has 0 aliphatic heterocycles. The fourth-order valence-corrected chi connectivity index (χ4v) is 3.04. The molecule has 0 aromatic carbocycles. The quantitative estimate of drug-likeness (QED) is 0.784. The Morgan fingerprint density at radius 2 is 2.22 bits per heavy atom. The Kier molecular flexibility index (Phi) is 4.52. The molecule has 3 rings (SSSR count). The van der Waals surface area contributed by atoms with Gasteiger partial charge >= 0.3 is 0 Å². The van der Waals surface area contributed by atoms with E-state index in [4.69, 9.17) is 0 Å². The minimum atomic E-state index is -0.0873. The number of hydrogen-bond acceptors (Lipinski definition) is 4. The summed E-state index contributed by atoms with van der Waals surface area (Å²) in [5.74, 6) is -0.0873. The first kappa shape index (κ1) is 15.4. The highest BCUT2D eigenvalue weighted by molar-refractivity contribution is 7.08. The van der Waals surface area contributed by atoms with Crippen LogP contribution in [0.5, 0.6) is 0 Å². The summed E-state index contributed by atoms with van der Waals surface area (Å²) in [7, 11) is 1.88. The van der Waals surface area contributed by atoms with Gasteiger partial charge in [-0.25, -0.2) is 0 Å². The Balaban J connectivity index is 1.63. The smallest absolute Gasteiger partial charge is 0.253 e. The van der Waals surface area contributed by atoms with Crippen molar-refractivity contribution in [3.63, 3.8) is 0 Å². The molecule has 0 aliphatic carbocycles. The van der Waals surface area contributed by atoms with E-state index >= 15 is 0 Å². The summed E-state index contributed by atoms with van der Waals surface area (Å²) in [4.78, 5) is 16.8. The van der Waals surface area contributed by atoms with Crippen molar-refractivity contribution in [2.24, 2.45) is 7.05 Å². The largest absolute Gasteiger partial charge is 0.352 e. The average molecular weight is 326 g/mol. The third kappa shape index (κ3) is 3.65. The van der Waals surface area contributed by atoms with Crippen LogP contribution >= 0.6 is 11.3 Å². The zero-order valence-corrected chi connectivity index (χ0v) is 13.9. The van der Waals surface area contributed by atoms with Gasteiger partial charge in [-0.15, -0.1) is 0 Å². The van der Waals surface area contributed by atoms with Crippen molar-refractivity contribution in [1.29, 1.82) is 0 Å². The van der Waals surface area contributed by atoms with Crippen molar-refractivity contribution in [1.82, 2.24) is 20.1 Å². The summed E-state index contributed by atoms with van der Waals surface area (Å²) in [6, 6.07) is 5.76. The molecule has 118 valence electrons. The molecule has 1 amide bonds. The zero-order valence-electron chi connectivity index (χ0n) is 13.1. The molecule has 0 bridgehead atoms. The van der Waals surface area contributed by atoms with Gasteiger partial charge in [0.1, 0.15) is 0 Å². The molecule has 3 heterocycles. The van der Waals surface area contributed by atoms with Crippen LogP contribution in [0, 0.1) is 6.92 Å². The molecule has 0 fully saturated rings. The highest BCUT2D eigenvalue weighted by atomic mass is 32.1. The van der Waals surface area contributed by atoms with Crippen molar-refractivity contribution in [3.8, 4) is 11.3 Å². The van der Waals surface area contributed by atoms with E-state index in [9.17, 15) is 4.79 Å². The monoisotopic (exact) mass is 326 g/mol. The molecule has 3 aromatic heterocycles. The summed E-state index contributed by atoms with van der Waals surface area (Å²) < 4.78 is 1.76. The molecule has 0 aliphatic rings. The summed E-state index contributed by atoms with van der Waals surface area (Å²) in [6.07, 6.45) is 4.53. The van der Waals surface area contributed by atoms with Crippen LogP contribution in [0.25, 0.3) is 11.3 Å². The number of thiophene rings is 1. The first-order valence-electron chi connectivity index (χ1n) is 7.39. The molecule has 0 unspecified atom stereocenters. The number of hydrogen-bond donors (Lipinski definition) is 1. The number of aromatic nitrogens is 3. The lowest BCUT2D eigenvalue weighted by Crippen LogP contribution is -2.26. The lowest BCUT2D eigenvalue weighted by molar-refractivity contribution is 0.0953. The second-order valence-electron chi connectivity index (χ2n) is 5.37. The van der Waals surface area contributed by atoms with Crippen LogP contribution in [0.2, 0.25) is 0 Å². The van der Waals surface area contributed by atoms with Crippen molar-refractivity contribution in [3.05, 3.63) is 58.2 Å². The van der Waals surface area contributed by atoms with Gasteiger partial charge in [0.05, 0.1) is 23.1 Å². The molecule has 0 saturated carbocycles. The minimum absolute atomic E-state index is 0.0873. The average Bonchev–Trinajstić information content (AvgIpc) is 3.18. The van der Waals surface area contributed by atoms with Gasteiger partial charge in [0.2, 0.25) is 0 Å². The van der Waals surface area contributed by atoms with E-state index < -0.39 is 0 Å². The van der Waals surface area contributed by atoms with E-state index in [1.807, 2.05) is 49.9 Å². The van der Waals surface area contributed by atoms with Crippen molar-refractivity contribution >= 4 is 17.2 Å². The van der Waals surface area contributed by atoms with Crippen molar-refractivity contribution in [2.75, 3.05) is 6.54 Å². The summed E-state index contributed by atoms with van der Waals surface area (Å²) in [6.45, 7) is 2.45. The lowest BCUT2D eigenvalue weighted by atomic mass is 10.1. The standard InChI is InChI=1S/C17H18N4OS/c1-12-15(3-4-16(20-12)14-6-8-23-11-14)17(22)18-7-5-13-9-19-21(2)10-13/h3-4,6,8-11H,5,7H2,1-2H3,(H,18,22). The van der Waals surface area contributed by atoms with Crippen molar-refractivity contribution in [2.45, 2.75) is 13.3 Å². The molecule has 3 aromatic rings. The summed E-state index contributed by atoms with van der Waals surface area (Å²) in [5, 5.41) is 11.1. The van der Waals surface area contributed by atoms with Gasteiger partial charge in [-0.3, -0.25) is 14.5 Å². The van der Waals surface area contributed by atoms with Crippen LogP contribution in [0.15, 0.2) is 41.4 Å². The number of nitrogens with one attached hydrogen (secondary N) is 1. The topological polar surface area (TPSA) is 59.8 Å². The molecule has 1 N–H and O–H groups in total. The van der Waals surface area contributed by atoms with E-state index in [-0.39, 0.29) is 5.91 Å². The fourth-order valence-electron chi connectivity index (χ4n) is 2.39. The number of carbonyl (C=O) groups is 1. The zero-order chi connectivity index (χ0) is 16.2. The van der Waals surface area contributed by atoms with Gasteiger partial charge in [0, 0.05) is 30.7 Å². The first-order valence-corrected chi connectivity index (χ1v) is 8.33. The third-order valence-electron chi connectivity index (χ3n) is 3.60. The summed E-state index contributed by atoms with van der Waals surface area (Å²) in [5.41, 5.74) is 4.45. The van der Waals surface area contributed by atoms with E-state index in [1.54, 1.807) is 16.0 Å². The Morgan fingerprint density at radius 1 is 1.35 bits per heavy atom. The molecule has 23 heavy (non-hydrogen) atoms. The van der Waals surface area contributed by atoms with E-state index in [0.717, 1.165) is 28.9 Å². The lowest BCUT2D eigenvalue weighted by Gasteiger charge is -2.08. The van der Waals surface area contributed by atoms with Crippen LogP contribution in [0.1, 0.15) is 21.6 Å². The predicted octanol–water partition coefficient (Wildman–Crippen LogP) is 2.82. The SMILES string of the molecule is Cc1nc(-c2ccsc2)ccc1C(=O)NCCc1cnn(C)c1. The number of nitrogens with zero attached hydrogens (tertiary/aromatic N) is 3. The molecule has 0 radical (unpaired) electrons. The molecule has 5 nitrogen and oxygen atoms in total. The molecule has 6 heteroatoms.